The predicted octanol–water partition coefficient (Wildman–Crippen LogP) is 6.82. The molecule has 2 aliphatic rings. The van der Waals surface area contributed by atoms with Crippen LogP contribution in [0.1, 0.15) is 69.0 Å². The lowest BCUT2D eigenvalue weighted by molar-refractivity contribution is -0.128. The van der Waals surface area contributed by atoms with Crippen LogP contribution in [-0.4, -0.2) is 60.7 Å². The van der Waals surface area contributed by atoms with Crippen molar-refractivity contribution in [1.29, 1.82) is 0 Å². The van der Waals surface area contributed by atoms with Crippen LogP contribution in [0.15, 0.2) is 48.2 Å². The number of rotatable bonds is 5. The first-order valence-corrected chi connectivity index (χ1v) is 16.4. The number of halogens is 2. The molecule has 242 valence electrons. The van der Waals surface area contributed by atoms with E-state index in [4.69, 9.17) is 11.6 Å². The number of anilines is 1. The standard InChI is InChI=1S/C36H37ClFN7O2/c1-8-27(46)43-15-21-11-23-33(44(21)14-20(43)7)22-12-25(37)29(28-19(6)9-10-26-24(28)13-41-42-26)30(38)34(22)45(36(23)47)35-31(17(2)3)39-16-40-32(35)18(4)5/h8-10,12-13,16-18,20-21H,1,11,14-15H2,2-7H3,(H,41,42). The Morgan fingerprint density at radius 1 is 1.09 bits per heavy atom. The van der Waals surface area contributed by atoms with Crippen molar-refractivity contribution >= 4 is 45.0 Å². The van der Waals surface area contributed by atoms with Gasteiger partial charge in [-0.1, -0.05) is 51.9 Å². The molecule has 7 rings (SSSR count). The summed E-state index contributed by atoms with van der Waals surface area (Å²) >= 11 is 7.11. The van der Waals surface area contributed by atoms with Gasteiger partial charge in [-0.2, -0.15) is 5.10 Å². The average molecular weight is 654 g/mol. The lowest BCUT2D eigenvalue weighted by atomic mass is 9.94. The molecular formula is C36H37ClFN7O2. The van der Waals surface area contributed by atoms with Crippen molar-refractivity contribution in [2.24, 2.45) is 0 Å². The van der Waals surface area contributed by atoms with Crippen LogP contribution >= 0.6 is 11.6 Å². The number of piperazine rings is 1. The molecule has 11 heteroatoms. The lowest BCUT2D eigenvalue weighted by Gasteiger charge is -2.43. The number of nitrogens with one attached hydrogen (secondary N) is 1. The molecule has 5 heterocycles. The summed E-state index contributed by atoms with van der Waals surface area (Å²) in [5.41, 5.74) is 5.24. The van der Waals surface area contributed by atoms with Crippen LogP contribution in [0.25, 0.3) is 38.6 Å². The first kappa shape index (κ1) is 31.1. The second kappa shape index (κ2) is 11.3. The van der Waals surface area contributed by atoms with E-state index in [0.717, 1.165) is 16.5 Å². The molecular weight excluding hydrogens is 617 g/mol. The first-order valence-electron chi connectivity index (χ1n) is 16.0. The van der Waals surface area contributed by atoms with Gasteiger partial charge in [0, 0.05) is 53.0 Å². The van der Waals surface area contributed by atoms with Gasteiger partial charge < -0.3 is 9.80 Å². The van der Waals surface area contributed by atoms with Crippen LogP contribution in [0.5, 0.6) is 0 Å². The quantitative estimate of drug-likeness (QED) is 0.209. The number of benzene rings is 2. The number of aryl methyl sites for hydroxylation is 1. The van der Waals surface area contributed by atoms with Crippen LogP contribution in [0, 0.1) is 12.7 Å². The van der Waals surface area contributed by atoms with E-state index in [2.05, 4.69) is 31.6 Å². The fourth-order valence-corrected chi connectivity index (χ4v) is 7.84. The summed E-state index contributed by atoms with van der Waals surface area (Å²) in [6.45, 7) is 16.5. The molecule has 0 saturated carbocycles. The number of carbonyl (C=O) groups is 1. The first-order chi connectivity index (χ1) is 22.4. The number of nitrogens with zero attached hydrogens (tertiary/aromatic N) is 6. The molecule has 3 aromatic heterocycles. The van der Waals surface area contributed by atoms with E-state index >= 15 is 9.18 Å². The van der Waals surface area contributed by atoms with E-state index in [0.29, 0.717) is 58.8 Å². The molecule has 2 aliphatic heterocycles. The molecule has 2 atom stereocenters. The zero-order valence-corrected chi connectivity index (χ0v) is 28.1. The zero-order chi connectivity index (χ0) is 33.5. The van der Waals surface area contributed by atoms with Crippen molar-refractivity contribution < 1.29 is 9.18 Å². The van der Waals surface area contributed by atoms with E-state index in [-0.39, 0.29) is 51.5 Å². The minimum Gasteiger partial charge on any atom is -0.363 e. The van der Waals surface area contributed by atoms with Crippen molar-refractivity contribution in [3.8, 4) is 16.8 Å². The van der Waals surface area contributed by atoms with Gasteiger partial charge in [-0.25, -0.2) is 14.4 Å². The molecule has 0 radical (unpaired) electrons. The Morgan fingerprint density at radius 3 is 2.45 bits per heavy atom. The Morgan fingerprint density at radius 2 is 1.79 bits per heavy atom. The van der Waals surface area contributed by atoms with E-state index < -0.39 is 5.82 Å². The van der Waals surface area contributed by atoms with Gasteiger partial charge in [0.25, 0.3) is 5.56 Å². The summed E-state index contributed by atoms with van der Waals surface area (Å²) < 4.78 is 19.3. The van der Waals surface area contributed by atoms with Crippen LogP contribution in [0.2, 0.25) is 5.02 Å². The number of hydrogen-bond donors (Lipinski definition) is 1. The highest BCUT2D eigenvalue weighted by molar-refractivity contribution is 6.35. The summed E-state index contributed by atoms with van der Waals surface area (Å²) in [5.74, 6) is -0.914. The summed E-state index contributed by atoms with van der Waals surface area (Å²) in [6, 6.07) is 5.29. The van der Waals surface area contributed by atoms with E-state index in [9.17, 15) is 4.79 Å². The Labute approximate surface area is 277 Å². The maximum Gasteiger partial charge on any atom is 0.261 e. The van der Waals surface area contributed by atoms with Gasteiger partial charge in [0.15, 0.2) is 5.82 Å². The van der Waals surface area contributed by atoms with Gasteiger partial charge >= 0.3 is 0 Å². The fourth-order valence-electron chi connectivity index (χ4n) is 7.55. The fraction of sp³-hybridized carbons (Fsp3) is 0.361. The molecule has 0 spiro atoms. The monoisotopic (exact) mass is 653 g/mol. The van der Waals surface area contributed by atoms with Crippen LogP contribution in [-0.2, 0) is 11.2 Å². The third-order valence-corrected chi connectivity index (χ3v) is 10.0. The van der Waals surface area contributed by atoms with Crippen molar-refractivity contribution in [2.75, 3.05) is 18.0 Å². The van der Waals surface area contributed by atoms with Crippen molar-refractivity contribution in [3.63, 3.8) is 0 Å². The number of amides is 1. The van der Waals surface area contributed by atoms with Gasteiger partial charge in [-0.15, -0.1) is 0 Å². The highest BCUT2D eigenvalue weighted by atomic mass is 35.5. The molecule has 1 N–H and O–H groups in total. The van der Waals surface area contributed by atoms with Crippen LogP contribution in [0.3, 0.4) is 0 Å². The third kappa shape index (κ3) is 4.59. The Bertz CT molecular complexity index is 2160. The summed E-state index contributed by atoms with van der Waals surface area (Å²) in [5, 5.41) is 8.68. The van der Waals surface area contributed by atoms with Gasteiger partial charge in [0.2, 0.25) is 5.91 Å². The molecule has 5 aromatic rings. The smallest absolute Gasteiger partial charge is 0.261 e. The molecule has 1 saturated heterocycles. The van der Waals surface area contributed by atoms with Crippen molar-refractivity contribution in [2.45, 2.75) is 71.9 Å². The molecule has 47 heavy (non-hydrogen) atoms. The van der Waals surface area contributed by atoms with Crippen LogP contribution < -0.4 is 10.5 Å². The van der Waals surface area contributed by atoms with Crippen LogP contribution in [0.4, 0.5) is 10.1 Å². The molecule has 0 aliphatic carbocycles. The molecule has 2 unspecified atom stereocenters. The SMILES string of the molecule is C=CC(=O)N1CC2Cc3c(c4cc(Cl)c(-c5c(C)ccc6[nH]ncc56)c(F)c4n(-c4c(C(C)C)ncnc4C(C)C)c3=O)N2CC1C. The third-order valence-electron chi connectivity index (χ3n) is 9.72. The second-order valence-electron chi connectivity index (χ2n) is 13.4. The molecule has 1 fully saturated rings. The van der Waals surface area contributed by atoms with Gasteiger partial charge in [-0.05, 0) is 49.5 Å². The number of aromatic nitrogens is 5. The Hall–Kier alpha value is -4.57. The summed E-state index contributed by atoms with van der Waals surface area (Å²) in [6.07, 6.45) is 4.91. The lowest BCUT2D eigenvalue weighted by Crippen LogP contribution is -2.57. The number of carbonyl (C=O) groups excluding carboxylic acids is 1. The minimum absolute atomic E-state index is 0.0805. The number of aromatic amines is 1. The molecule has 2 aromatic carbocycles. The Balaban J connectivity index is 1.63. The van der Waals surface area contributed by atoms with E-state index in [1.165, 1.54) is 17.0 Å². The summed E-state index contributed by atoms with van der Waals surface area (Å²) in [7, 11) is 0. The maximum atomic E-state index is 17.8. The normalized spacial score (nSPS) is 17.7. The second-order valence-corrected chi connectivity index (χ2v) is 13.8. The molecule has 0 bridgehead atoms. The summed E-state index contributed by atoms with van der Waals surface area (Å²) in [4.78, 5) is 41.0. The maximum absolute atomic E-state index is 17.8. The number of pyridine rings is 1. The predicted molar refractivity (Wildman–Crippen MR) is 184 cm³/mol. The highest BCUT2D eigenvalue weighted by Crippen LogP contribution is 2.46. The van der Waals surface area contributed by atoms with Gasteiger partial charge in [0.05, 0.1) is 51.1 Å². The van der Waals surface area contributed by atoms with E-state index in [1.807, 2.05) is 53.7 Å². The van der Waals surface area contributed by atoms with Crippen molar-refractivity contribution in [1.82, 2.24) is 29.6 Å². The largest absolute Gasteiger partial charge is 0.363 e. The van der Waals surface area contributed by atoms with Gasteiger partial charge in [0.1, 0.15) is 6.33 Å². The van der Waals surface area contributed by atoms with E-state index in [1.54, 1.807) is 17.2 Å². The van der Waals surface area contributed by atoms with Gasteiger partial charge in [-0.3, -0.25) is 19.3 Å². The number of fused-ring (bicyclic) bond motifs is 6. The number of hydrogen-bond acceptors (Lipinski definition) is 6. The van der Waals surface area contributed by atoms with Crippen molar-refractivity contribution in [3.05, 3.63) is 87.1 Å². The Kier molecular flexibility index (Phi) is 7.46. The zero-order valence-electron chi connectivity index (χ0n) is 27.4. The average Bonchev–Trinajstić information content (AvgIpc) is 3.66. The minimum atomic E-state index is -0.602. The molecule has 1 amide bonds. The topological polar surface area (TPSA) is 100 Å². The number of H-pyrrole nitrogens is 1. The highest BCUT2D eigenvalue weighted by Gasteiger charge is 2.42. The molecule has 9 nitrogen and oxygen atoms in total.